The number of halogens is 1. The number of benzene rings is 1. The van der Waals surface area contributed by atoms with Gasteiger partial charge in [-0.2, -0.15) is 5.10 Å². The van der Waals surface area contributed by atoms with E-state index >= 15 is 0 Å². The van der Waals surface area contributed by atoms with Crippen LogP contribution < -0.4 is 0 Å². The number of nitrogens with one attached hydrogen (secondary N) is 1. The van der Waals surface area contributed by atoms with Crippen LogP contribution >= 0.6 is 12.2 Å². The maximum atomic E-state index is 13.9. The predicted octanol–water partition coefficient (Wildman–Crippen LogP) is 3.43. The highest BCUT2D eigenvalue weighted by molar-refractivity contribution is 7.71. The van der Waals surface area contributed by atoms with Gasteiger partial charge in [0.2, 0.25) is 0 Å². The van der Waals surface area contributed by atoms with Crippen molar-refractivity contribution in [2.24, 2.45) is 0 Å². The number of aromatic nitrogens is 3. The molecule has 1 aromatic carbocycles. The SMILES string of the molecule is CCn1c(C2CCN(C(=O)c3cc(C)ccc3F)CC2)n[nH]c1=S. The second-order valence-electron chi connectivity index (χ2n) is 6.18. The fourth-order valence-electron chi connectivity index (χ4n) is 3.26. The molecule has 0 atom stereocenters. The van der Waals surface area contributed by atoms with Crippen LogP contribution in [0, 0.1) is 17.5 Å². The third-order valence-electron chi connectivity index (χ3n) is 4.60. The molecule has 1 aromatic heterocycles. The molecule has 1 fully saturated rings. The Hall–Kier alpha value is -2.02. The molecule has 2 aromatic rings. The van der Waals surface area contributed by atoms with E-state index in [4.69, 9.17) is 12.2 Å². The highest BCUT2D eigenvalue weighted by atomic mass is 32.1. The van der Waals surface area contributed by atoms with Gasteiger partial charge >= 0.3 is 0 Å². The smallest absolute Gasteiger partial charge is 0.256 e. The number of hydrogen-bond acceptors (Lipinski definition) is 3. The number of aryl methyl sites for hydroxylation is 1. The summed E-state index contributed by atoms with van der Waals surface area (Å²) >= 11 is 5.24. The van der Waals surface area contributed by atoms with Gasteiger partial charge in [0.1, 0.15) is 11.6 Å². The first kappa shape index (κ1) is 16.8. The lowest BCUT2D eigenvalue weighted by molar-refractivity contribution is 0.0705. The second-order valence-corrected chi connectivity index (χ2v) is 6.57. The summed E-state index contributed by atoms with van der Waals surface area (Å²) < 4.78 is 16.6. The van der Waals surface area contributed by atoms with Gasteiger partial charge in [-0.25, -0.2) is 4.39 Å². The van der Waals surface area contributed by atoms with Crippen molar-refractivity contribution < 1.29 is 9.18 Å². The summed E-state index contributed by atoms with van der Waals surface area (Å²) in [5.41, 5.74) is 1.04. The molecule has 5 nitrogen and oxygen atoms in total. The zero-order valence-electron chi connectivity index (χ0n) is 13.9. The number of H-pyrrole nitrogens is 1. The van der Waals surface area contributed by atoms with E-state index in [1.165, 1.54) is 6.07 Å². The number of carbonyl (C=O) groups excluding carboxylic acids is 1. The van der Waals surface area contributed by atoms with Crippen LogP contribution in [0.4, 0.5) is 4.39 Å². The first-order chi connectivity index (χ1) is 11.5. The third kappa shape index (κ3) is 3.13. The van der Waals surface area contributed by atoms with Gasteiger partial charge in [-0.1, -0.05) is 11.6 Å². The van der Waals surface area contributed by atoms with E-state index in [0.29, 0.717) is 17.9 Å². The summed E-state index contributed by atoms with van der Waals surface area (Å²) in [4.78, 5) is 14.3. The second kappa shape index (κ2) is 6.84. The number of hydrogen-bond donors (Lipinski definition) is 1. The Labute approximate surface area is 145 Å². The zero-order chi connectivity index (χ0) is 17.3. The van der Waals surface area contributed by atoms with Crippen LogP contribution in [0.2, 0.25) is 0 Å². The van der Waals surface area contributed by atoms with E-state index in [1.54, 1.807) is 17.0 Å². The molecule has 1 N–H and O–H groups in total. The van der Waals surface area contributed by atoms with E-state index < -0.39 is 5.82 Å². The maximum Gasteiger partial charge on any atom is 0.256 e. The van der Waals surface area contributed by atoms with E-state index in [-0.39, 0.29) is 17.4 Å². The van der Waals surface area contributed by atoms with Crippen LogP contribution in [0.25, 0.3) is 0 Å². The van der Waals surface area contributed by atoms with Crippen LogP contribution in [0.5, 0.6) is 0 Å². The van der Waals surface area contributed by atoms with Crippen molar-refractivity contribution in [3.8, 4) is 0 Å². The Morgan fingerprint density at radius 1 is 1.42 bits per heavy atom. The number of nitrogens with zero attached hydrogens (tertiary/aromatic N) is 3. The molecule has 1 saturated heterocycles. The first-order valence-corrected chi connectivity index (χ1v) is 8.62. The predicted molar refractivity (Wildman–Crippen MR) is 92.1 cm³/mol. The molecule has 3 rings (SSSR count). The molecule has 24 heavy (non-hydrogen) atoms. The number of aromatic amines is 1. The highest BCUT2D eigenvalue weighted by Crippen LogP contribution is 2.28. The van der Waals surface area contributed by atoms with Crippen molar-refractivity contribution in [2.75, 3.05) is 13.1 Å². The Morgan fingerprint density at radius 2 is 2.12 bits per heavy atom. The molecule has 0 radical (unpaired) electrons. The van der Waals surface area contributed by atoms with Crippen LogP contribution in [-0.2, 0) is 6.54 Å². The Kier molecular flexibility index (Phi) is 4.80. The minimum Gasteiger partial charge on any atom is -0.339 e. The quantitative estimate of drug-likeness (QED) is 0.865. The zero-order valence-corrected chi connectivity index (χ0v) is 14.7. The molecule has 128 valence electrons. The van der Waals surface area contributed by atoms with Crippen molar-refractivity contribution in [3.63, 3.8) is 0 Å². The van der Waals surface area contributed by atoms with Crippen LogP contribution in [0.3, 0.4) is 0 Å². The molecule has 0 spiro atoms. The molecule has 7 heteroatoms. The molecule has 0 saturated carbocycles. The summed E-state index contributed by atoms with van der Waals surface area (Å²) in [7, 11) is 0. The largest absolute Gasteiger partial charge is 0.339 e. The number of piperidine rings is 1. The summed E-state index contributed by atoms with van der Waals surface area (Å²) in [5.74, 6) is 0.532. The van der Waals surface area contributed by atoms with Gasteiger partial charge in [0, 0.05) is 25.6 Å². The van der Waals surface area contributed by atoms with Crippen LogP contribution in [0.15, 0.2) is 18.2 Å². The standard InChI is InChI=1S/C17H21FN4OS/c1-3-22-15(19-20-17(22)24)12-6-8-21(9-7-12)16(23)13-10-11(2)4-5-14(13)18/h4-5,10,12H,3,6-9H2,1-2H3,(H,20,24). The van der Waals surface area contributed by atoms with Crippen molar-refractivity contribution in [1.82, 2.24) is 19.7 Å². The highest BCUT2D eigenvalue weighted by Gasteiger charge is 2.28. The third-order valence-corrected chi connectivity index (χ3v) is 4.92. The average Bonchev–Trinajstić information content (AvgIpc) is 2.97. The summed E-state index contributed by atoms with van der Waals surface area (Å²) in [6.45, 7) is 5.86. The summed E-state index contributed by atoms with van der Waals surface area (Å²) in [6, 6.07) is 4.64. The topological polar surface area (TPSA) is 53.9 Å². The molecule has 2 heterocycles. The lowest BCUT2D eigenvalue weighted by Crippen LogP contribution is -2.38. The maximum absolute atomic E-state index is 13.9. The molecule has 0 aliphatic carbocycles. The molecular weight excluding hydrogens is 327 g/mol. The molecule has 1 aliphatic rings. The van der Waals surface area contributed by atoms with Crippen molar-refractivity contribution >= 4 is 18.1 Å². The minimum atomic E-state index is -0.459. The number of rotatable bonds is 3. The minimum absolute atomic E-state index is 0.157. The monoisotopic (exact) mass is 348 g/mol. The molecule has 1 amide bonds. The molecule has 1 aliphatic heterocycles. The van der Waals surface area contributed by atoms with E-state index in [0.717, 1.165) is 30.8 Å². The summed E-state index contributed by atoms with van der Waals surface area (Å²) in [5, 5.41) is 7.19. The summed E-state index contributed by atoms with van der Waals surface area (Å²) in [6.07, 6.45) is 1.61. The number of carbonyl (C=O) groups is 1. The van der Waals surface area contributed by atoms with Crippen molar-refractivity contribution in [2.45, 2.75) is 39.2 Å². The Bertz CT molecular complexity index is 805. The Balaban J connectivity index is 1.72. The lowest BCUT2D eigenvalue weighted by Gasteiger charge is -2.31. The van der Waals surface area contributed by atoms with Gasteiger partial charge in [0.15, 0.2) is 4.77 Å². The van der Waals surface area contributed by atoms with Gasteiger partial charge < -0.3 is 9.47 Å². The van der Waals surface area contributed by atoms with Gasteiger partial charge in [-0.3, -0.25) is 9.89 Å². The molecule has 0 bridgehead atoms. The van der Waals surface area contributed by atoms with Crippen molar-refractivity contribution in [3.05, 3.63) is 45.7 Å². The number of amides is 1. The van der Waals surface area contributed by atoms with Crippen molar-refractivity contribution in [1.29, 1.82) is 0 Å². The lowest BCUT2D eigenvalue weighted by atomic mass is 9.95. The fourth-order valence-corrected chi connectivity index (χ4v) is 3.53. The van der Waals surface area contributed by atoms with Gasteiger partial charge in [-0.15, -0.1) is 0 Å². The van der Waals surface area contributed by atoms with E-state index in [9.17, 15) is 9.18 Å². The van der Waals surface area contributed by atoms with E-state index in [1.807, 2.05) is 18.4 Å². The average molecular weight is 348 g/mol. The van der Waals surface area contributed by atoms with Gasteiger partial charge in [0.25, 0.3) is 5.91 Å². The first-order valence-electron chi connectivity index (χ1n) is 8.21. The fraction of sp³-hybridized carbons (Fsp3) is 0.471. The molecule has 0 unspecified atom stereocenters. The van der Waals surface area contributed by atoms with Gasteiger partial charge in [-0.05, 0) is 51.0 Å². The van der Waals surface area contributed by atoms with Crippen LogP contribution in [-0.4, -0.2) is 38.7 Å². The normalized spacial score (nSPS) is 15.7. The van der Waals surface area contributed by atoms with Gasteiger partial charge in [0.05, 0.1) is 5.56 Å². The van der Waals surface area contributed by atoms with E-state index in [2.05, 4.69) is 10.2 Å². The molecular formula is C17H21FN4OS. The van der Waals surface area contributed by atoms with Crippen LogP contribution in [0.1, 0.15) is 47.4 Å². The Morgan fingerprint density at radius 3 is 2.79 bits per heavy atom. The number of likely N-dealkylation sites (tertiary alicyclic amines) is 1.